The lowest BCUT2D eigenvalue weighted by atomic mass is 9.64. The van der Waals surface area contributed by atoms with Crippen LogP contribution in [0.5, 0.6) is 0 Å². The smallest absolute Gasteiger partial charge is 0.0746 e. The quantitative estimate of drug-likeness (QED) is 0.680. The molecule has 94 valence electrons. The molecule has 0 aromatic heterocycles. The summed E-state index contributed by atoms with van der Waals surface area (Å²) in [4.78, 5) is 2.44. The van der Waals surface area contributed by atoms with Crippen molar-refractivity contribution < 1.29 is 4.74 Å². The van der Waals surface area contributed by atoms with Gasteiger partial charge in [0, 0.05) is 19.9 Å². The van der Waals surface area contributed by atoms with Crippen LogP contribution >= 0.6 is 0 Å². The molecule has 2 nitrogen and oxygen atoms in total. The predicted octanol–water partition coefficient (Wildman–Crippen LogP) is 2.90. The molecule has 0 aromatic rings. The molecule has 2 rings (SSSR count). The lowest BCUT2D eigenvalue weighted by Crippen LogP contribution is -2.43. The first kappa shape index (κ1) is 13.0. The second-order valence-electron chi connectivity index (χ2n) is 6.40. The first-order valence-corrected chi connectivity index (χ1v) is 6.60. The standard InChI is InChI=1S/C14H24BNO/c1-13(15)7-5-6-12-11(8-13)9-14(2,10-17-4)16(12)3/h5-10H2,1-4H3. The van der Waals surface area contributed by atoms with E-state index in [1.807, 2.05) is 0 Å². The van der Waals surface area contributed by atoms with Gasteiger partial charge in [-0.25, -0.2) is 0 Å². The van der Waals surface area contributed by atoms with Gasteiger partial charge in [-0.15, -0.1) is 0 Å². The Bertz CT molecular complexity index is 337. The van der Waals surface area contributed by atoms with E-state index in [0.717, 1.165) is 25.9 Å². The summed E-state index contributed by atoms with van der Waals surface area (Å²) < 4.78 is 5.39. The minimum atomic E-state index is -0.0176. The molecule has 2 atom stereocenters. The predicted molar refractivity (Wildman–Crippen MR) is 72.3 cm³/mol. The first-order chi connectivity index (χ1) is 7.88. The van der Waals surface area contributed by atoms with Gasteiger partial charge in [-0.1, -0.05) is 18.7 Å². The van der Waals surface area contributed by atoms with E-state index in [1.54, 1.807) is 12.7 Å². The molecule has 0 spiro atoms. The summed E-state index contributed by atoms with van der Waals surface area (Å²) in [5.74, 6) is 0. The first-order valence-electron chi connectivity index (χ1n) is 6.60. The molecule has 1 aliphatic heterocycles. The average molecular weight is 233 g/mol. The Morgan fingerprint density at radius 2 is 2.06 bits per heavy atom. The van der Waals surface area contributed by atoms with Gasteiger partial charge in [-0.05, 0) is 38.2 Å². The Morgan fingerprint density at radius 1 is 1.35 bits per heavy atom. The minimum Gasteiger partial charge on any atom is -0.382 e. The van der Waals surface area contributed by atoms with Crippen LogP contribution in [-0.4, -0.2) is 39.0 Å². The molecule has 0 saturated carbocycles. The summed E-state index contributed by atoms with van der Waals surface area (Å²) >= 11 is 0. The maximum absolute atomic E-state index is 6.36. The van der Waals surface area contributed by atoms with Crippen molar-refractivity contribution in [2.75, 3.05) is 20.8 Å². The number of methoxy groups -OCH3 is 1. The van der Waals surface area contributed by atoms with Crippen LogP contribution in [0.25, 0.3) is 0 Å². The largest absolute Gasteiger partial charge is 0.382 e. The minimum absolute atomic E-state index is 0.0176. The highest BCUT2D eigenvalue weighted by Crippen LogP contribution is 2.48. The molecule has 2 aliphatic rings. The molecule has 0 N–H and O–H groups in total. The fourth-order valence-electron chi connectivity index (χ4n) is 3.45. The van der Waals surface area contributed by atoms with Crippen LogP contribution in [0.15, 0.2) is 11.3 Å². The normalized spacial score (nSPS) is 38.2. The molecule has 0 aromatic carbocycles. The number of nitrogens with zero attached hydrogens (tertiary/aromatic N) is 1. The van der Waals surface area contributed by atoms with Crippen molar-refractivity contribution in [1.82, 2.24) is 4.90 Å². The van der Waals surface area contributed by atoms with Crippen molar-refractivity contribution in [2.24, 2.45) is 0 Å². The van der Waals surface area contributed by atoms with Gasteiger partial charge in [-0.3, -0.25) is 0 Å². The Balaban J connectivity index is 2.21. The summed E-state index contributed by atoms with van der Waals surface area (Å²) in [7, 11) is 10.4. The van der Waals surface area contributed by atoms with E-state index in [4.69, 9.17) is 12.6 Å². The van der Waals surface area contributed by atoms with Crippen LogP contribution in [0.2, 0.25) is 5.31 Å². The number of hydrogen-bond donors (Lipinski definition) is 0. The van der Waals surface area contributed by atoms with Crippen LogP contribution in [0.4, 0.5) is 0 Å². The number of rotatable bonds is 2. The van der Waals surface area contributed by atoms with Crippen LogP contribution in [0, 0.1) is 0 Å². The summed E-state index contributed by atoms with van der Waals surface area (Å²) in [6, 6.07) is 0. The molecule has 1 heterocycles. The second-order valence-corrected chi connectivity index (χ2v) is 6.40. The maximum Gasteiger partial charge on any atom is 0.0746 e. The van der Waals surface area contributed by atoms with Crippen LogP contribution in [-0.2, 0) is 4.74 Å². The number of allylic oxidation sites excluding steroid dienone is 1. The maximum atomic E-state index is 6.36. The molecule has 2 radical (unpaired) electrons. The van der Waals surface area contributed by atoms with E-state index in [9.17, 15) is 0 Å². The van der Waals surface area contributed by atoms with Gasteiger partial charge >= 0.3 is 0 Å². The molecule has 0 saturated heterocycles. The van der Waals surface area contributed by atoms with Gasteiger partial charge in [0.15, 0.2) is 0 Å². The Hall–Kier alpha value is -0.435. The summed E-state index contributed by atoms with van der Waals surface area (Å²) in [6.07, 6.45) is 5.68. The third-order valence-electron chi connectivity index (χ3n) is 4.45. The van der Waals surface area contributed by atoms with E-state index < -0.39 is 0 Å². The Kier molecular flexibility index (Phi) is 3.33. The van der Waals surface area contributed by atoms with Gasteiger partial charge < -0.3 is 9.64 Å². The lowest BCUT2D eigenvalue weighted by Gasteiger charge is -2.36. The van der Waals surface area contributed by atoms with Crippen LogP contribution < -0.4 is 0 Å². The molecule has 0 bridgehead atoms. The van der Waals surface area contributed by atoms with Crippen molar-refractivity contribution in [1.29, 1.82) is 0 Å². The van der Waals surface area contributed by atoms with Gasteiger partial charge in [-0.2, -0.15) is 0 Å². The van der Waals surface area contributed by atoms with E-state index >= 15 is 0 Å². The Labute approximate surface area is 107 Å². The van der Waals surface area contributed by atoms with Gasteiger partial charge in [0.2, 0.25) is 0 Å². The third-order valence-corrected chi connectivity index (χ3v) is 4.45. The number of hydrogen-bond acceptors (Lipinski definition) is 2. The van der Waals surface area contributed by atoms with Crippen molar-refractivity contribution in [3.8, 4) is 0 Å². The number of likely N-dealkylation sites (N-methyl/N-ethyl adjacent to an activating group) is 1. The highest BCUT2D eigenvalue weighted by atomic mass is 16.5. The number of ether oxygens (including phenoxy) is 1. The van der Waals surface area contributed by atoms with E-state index in [0.29, 0.717) is 0 Å². The molecular formula is C14H24BNO. The average Bonchev–Trinajstić information content (AvgIpc) is 2.36. The van der Waals surface area contributed by atoms with Crippen molar-refractivity contribution in [3.05, 3.63) is 11.3 Å². The van der Waals surface area contributed by atoms with Crippen LogP contribution in [0.3, 0.4) is 0 Å². The summed E-state index contributed by atoms with van der Waals surface area (Å²) in [5, 5.41) is -0.0176. The van der Waals surface area contributed by atoms with Gasteiger partial charge in [0.1, 0.15) is 0 Å². The molecule has 3 heteroatoms. The van der Waals surface area contributed by atoms with Gasteiger partial charge in [0.25, 0.3) is 0 Å². The molecule has 17 heavy (non-hydrogen) atoms. The second kappa shape index (κ2) is 4.35. The zero-order valence-electron chi connectivity index (χ0n) is 11.7. The third kappa shape index (κ3) is 2.40. The summed E-state index contributed by atoms with van der Waals surface area (Å²) in [5.41, 5.74) is 3.22. The zero-order chi connectivity index (χ0) is 12.7. The van der Waals surface area contributed by atoms with E-state index in [1.165, 1.54) is 18.5 Å². The molecule has 1 aliphatic carbocycles. The molecule has 0 amide bonds. The van der Waals surface area contributed by atoms with E-state index in [-0.39, 0.29) is 10.9 Å². The highest BCUT2D eigenvalue weighted by Gasteiger charge is 2.41. The lowest BCUT2D eigenvalue weighted by molar-refractivity contribution is 0.0682. The summed E-state index contributed by atoms with van der Waals surface area (Å²) in [6.45, 7) is 5.27. The van der Waals surface area contributed by atoms with Crippen molar-refractivity contribution >= 4 is 7.85 Å². The van der Waals surface area contributed by atoms with Gasteiger partial charge in [0.05, 0.1) is 20.0 Å². The topological polar surface area (TPSA) is 12.5 Å². The molecule has 0 fully saturated rings. The monoisotopic (exact) mass is 233 g/mol. The van der Waals surface area contributed by atoms with E-state index in [2.05, 4.69) is 25.8 Å². The van der Waals surface area contributed by atoms with Crippen LogP contribution in [0.1, 0.15) is 46.0 Å². The fourth-order valence-corrected chi connectivity index (χ4v) is 3.45. The highest BCUT2D eigenvalue weighted by molar-refractivity contribution is 6.15. The molecule has 2 unspecified atom stereocenters. The van der Waals surface area contributed by atoms with Crippen molar-refractivity contribution in [2.45, 2.75) is 56.8 Å². The fraction of sp³-hybridized carbons (Fsp3) is 0.857. The Morgan fingerprint density at radius 3 is 2.71 bits per heavy atom. The van der Waals surface area contributed by atoms with Crippen molar-refractivity contribution in [3.63, 3.8) is 0 Å². The molecular weight excluding hydrogens is 209 g/mol. The SMILES string of the molecule is [B]C1(C)CCCC2=C(C1)CC(C)(COC)N2C. The zero-order valence-corrected chi connectivity index (χ0v) is 11.7.